The molecule has 4 aromatic rings. The van der Waals surface area contributed by atoms with Crippen molar-refractivity contribution in [2.75, 3.05) is 36.1 Å². The first-order valence-corrected chi connectivity index (χ1v) is 15.9. The smallest absolute Gasteiger partial charge is 0.261 e. The molecule has 42 heavy (non-hydrogen) atoms. The van der Waals surface area contributed by atoms with Crippen LogP contribution >= 0.6 is 23.2 Å². The number of nitrogens with one attached hydrogen (secondary N) is 3. The number of methoxy groups -OCH3 is 2. The average Bonchev–Trinajstić information content (AvgIpc) is 2.98. The highest BCUT2D eigenvalue weighted by Crippen LogP contribution is 2.42. The van der Waals surface area contributed by atoms with Gasteiger partial charge < -0.3 is 20.1 Å². The van der Waals surface area contributed by atoms with Gasteiger partial charge in [-0.2, -0.15) is 0 Å². The molecule has 220 valence electrons. The highest BCUT2D eigenvalue weighted by atomic mass is 35.5. The normalized spacial score (nSPS) is 11.4. The predicted octanol–water partition coefficient (Wildman–Crippen LogP) is 5.69. The number of rotatable bonds is 11. The Labute approximate surface area is 253 Å². The Morgan fingerprint density at radius 1 is 0.762 bits per heavy atom. The Morgan fingerprint density at radius 2 is 1.45 bits per heavy atom. The van der Waals surface area contributed by atoms with E-state index in [-0.39, 0.29) is 54.2 Å². The van der Waals surface area contributed by atoms with Crippen molar-refractivity contribution in [2.45, 2.75) is 14.7 Å². The fraction of sp³-hybridized carbons (Fsp3) is 0.107. The lowest BCUT2D eigenvalue weighted by molar-refractivity contribution is -0.114. The topological polar surface area (TPSA) is 140 Å². The number of carbonyl (C=O) groups excluding carboxylic acids is 1. The zero-order chi connectivity index (χ0) is 30.5. The number of ether oxygens (including phenoxy) is 2. The highest BCUT2D eigenvalue weighted by Gasteiger charge is 2.29. The second kappa shape index (κ2) is 12.9. The van der Waals surface area contributed by atoms with E-state index in [2.05, 4.69) is 15.4 Å². The molecule has 0 atom stereocenters. The molecule has 14 heteroatoms. The number of amides is 1. The van der Waals surface area contributed by atoms with Gasteiger partial charge in [0.1, 0.15) is 4.90 Å². The molecule has 0 spiro atoms. The van der Waals surface area contributed by atoms with Crippen molar-refractivity contribution in [3.05, 3.63) is 95.0 Å². The molecule has 4 aromatic carbocycles. The number of anilines is 3. The van der Waals surface area contributed by atoms with Crippen molar-refractivity contribution in [3.63, 3.8) is 0 Å². The summed E-state index contributed by atoms with van der Waals surface area (Å²) in [6, 6.07) is 20.8. The number of halogens is 2. The van der Waals surface area contributed by atoms with Gasteiger partial charge in [-0.05, 0) is 60.7 Å². The lowest BCUT2D eigenvalue weighted by atomic mass is 10.2. The van der Waals surface area contributed by atoms with Gasteiger partial charge in [-0.25, -0.2) is 16.8 Å². The molecule has 0 saturated carbocycles. The zero-order valence-electron chi connectivity index (χ0n) is 22.2. The third kappa shape index (κ3) is 6.73. The summed E-state index contributed by atoms with van der Waals surface area (Å²) in [7, 11) is -5.37. The first kappa shape index (κ1) is 31.0. The standard InChI is InChI=1S/C28H25Cl2N3O7S2/c1-39-24-16-15-23(28(27(24)40-2)41(35,36)19-7-4-3-5-8-19)31-17-25(34)32-18-11-13-20(14-12-18)42(37,38)33-22-10-6-9-21(29)26(22)30/h3-16,31,33H,17H2,1-2H3,(H,32,34). The van der Waals surface area contributed by atoms with E-state index in [1.54, 1.807) is 24.3 Å². The molecule has 4 rings (SSSR count). The van der Waals surface area contributed by atoms with Crippen LogP contribution in [0.25, 0.3) is 0 Å². The van der Waals surface area contributed by atoms with Gasteiger partial charge in [0, 0.05) is 5.69 Å². The van der Waals surface area contributed by atoms with Crippen molar-refractivity contribution in [1.29, 1.82) is 0 Å². The van der Waals surface area contributed by atoms with Gasteiger partial charge in [-0.3, -0.25) is 9.52 Å². The summed E-state index contributed by atoms with van der Waals surface area (Å²) in [5.74, 6) is -0.340. The summed E-state index contributed by atoms with van der Waals surface area (Å²) in [6.45, 7) is -0.318. The van der Waals surface area contributed by atoms with Crippen molar-refractivity contribution in [2.24, 2.45) is 0 Å². The quantitative estimate of drug-likeness (QED) is 0.188. The number of hydrogen-bond acceptors (Lipinski definition) is 8. The Hall–Kier alpha value is -3.97. The van der Waals surface area contributed by atoms with Crippen LogP contribution in [-0.4, -0.2) is 43.5 Å². The minimum absolute atomic E-state index is 0.0174. The lowest BCUT2D eigenvalue weighted by Crippen LogP contribution is -2.23. The first-order chi connectivity index (χ1) is 20.0. The second-order valence-corrected chi connectivity index (χ2v) is 13.0. The van der Waals surface area contributed by atoms with Crippen LogP contribution in [-0.2, 0) is 24.7 Å². The van der Waals surface area contributed by atoms with Gasteiger partial charge in [-0.1, -0.05) is 47.5 Å². The first-order valence-electron chi connectivity index (χ1n) is 12.1. The number of sulfonamides is 1. The van der Waals surface area contributed by atoms with Gasteiger partial charge in [0.05, 0.1) is 52.0 Å². The lowest BCUT2D eigenvalue weighted by Gasteiger charge is -2.18. The van der Waals surface area contributed by atoms with Crippen LogP contribution < -0.4 is 24.8 Å². The maximum absolute atomic E-state index is 13.6. The van der Waals surface area contributed by atoms with Crippen LogP contribution in [0.5, 0.6) is 11.5 Å². The summed E-state index contributed by atoms with van der Waals surface area (Å²) < 4.78 is 65.8. The van der Waals surface area contributed by atoms with Crippen molar-refractivity contribution in [3.8, 4) is 11.5 Å². The van der Waals surface area contributed by atoms with Crippen LogP contribution in [0.1, 0.15) is 0 Å². The summed E-state index contributed by atoms with van der Waals surface area (Å²) >= 11 is 12.0. The third-order valence-corrected chi connectivity index (χ3v) is 9.94. The van der Waals surface area contributed by atoms with Gasteiger partial charge >= 0.3 is 0 Å². The molecule has 0 aliphatic carbocycles. The van der Waals surface area contributed by atoms with E-state index in [4.69, 9.17) is 32.7 Å². The minimum Gasteiger partial charge on any atom is -0.493 e. The molecule has 10 nitrogen and oxygen atoms in total. The Bertz CT molecular complexity index is 1820. The van der Waals surface area contributed by atoms with Crippen molar-refractivity contribution >= 4 is 66.0 Å². The van der Waals surface area contributed by atoms with Crippen molar-refractivity contribution < 1.29 is 31.1 Å². The molecule has 3 N–H and O–H groups in total. The molecule has 0 aliphatic heterocycles. The largest absolute Gasteiger partial charge is 0.493 e. The van der Waals surface area contributed by atoms with Gasteiger partial charge in [0.15, 0.2) is 11.5 Å². The van der Waals surface area contributed by atoms with E-state index in [9.17, 15) is 21.6 Å². The minimum atomic E-state index is -4.08. The van der Waals surface area contributed by atoms with Crippen LogP contribution in [0.15, 0.2) is 99.6 Å². The Morgan fingerprint density at radius 3 is 2.10 bits per heavy atom. The zero-order valence-corrected chi connectivity index (χ0v) is 25.4. The monoisotopic (exact) mass is 649 g/mol. The van der Waals surface area contributed by atoms with E-state index in [1.165, 1.54) is 74.9 Å². The van der Waals surface area contributed by atoms with Crippen LogP contribution in [0.3, 0.4) is 0 Å². The molecule has 0 bridgehead atoms. The van der Waals surface area contributed by atoms with E-state index in [0.29, 0.717) is 5.69 Å². The van der Waals surface area contributed by atoms with Gasteiger partial charge in [0.25, 0.3) is 10.0 Å². The molecule has 0 fully saturated rings. The number of benzene rings is 4. The van der Waals surface area contributed by atoms with Gasteiger partial charge in [-0.15, -0.1) is 0 Å². The molecule has 1 amide bonds. The average molecular weight is 651 g/mol. The van der Waals surface area contributed by atoms with E-state index in [1.807, 2.05) is 0 Å². The molecule has 0 radical (unpaired) electrons. The highest BCUT2D eigenvalue weighted by molar-refractivity contribution is 7.92. The maximum Gasteiger partial charge on any atom is 0.261 e. The molecule has 0 unspecified atom stereocenters. The molecule has 0 aliphatic rings. The summed E-state index contributed by atoms with van der Waals surface area (Å²) in [4.78, 5) is 12.5. The number of hydrogen-bond donors (Lipinski definition) is 3. The van der Waals surface area contributed by atoms with E-state index < -0.39 is 25.8 Å². The predicted molar refractivity (Wildman–Crippen MR) is 162 cm³/mol. The second-order valence-electron chi connectivity index (χ2n) is 8.63. The van der Waals surface area contributed by atoms with Crippen LogP contribution in [0.2, 0.25) is 10.0 Å². The van der Waals surface area contributed by atoms with E-state index >= 15 is 0 Å². The summed E-state index contributed by atoms with van der Waals surface area (Å²) in [5, 5.41) is 5.75. The summed E-state index contributed by atoms with van der Waals surface area (Å²) in [6.07, 6.45) is 0. The molecular formula is C28H25Cl2N3O7S2. The SMILES string of the molecule is COc1ccc(NCC(=O)Nc2ccc(S(=O)(=O)Nc3cccc(Cl)c3Cl)cc2)c(S(=O)(=O)c2ccccc2)c1OC. The number of carbonyl (C=O) groups is 1. The van der Waals surface area contributed by atoms with Crippen LogP contribution in [0, 0.1) is 0 Å². The van der Waals surface area contributed by atoms with E-state index in [0.717, 1.165) is 0 Å². The molecule has 0 heterocycles. The Balaban J connectivity index is 1.50. The van der Waals surface area contributed by atoms with Crippen LogP contribution in [0.4, 0.5) is 17.1 Å². The van der Waals surface area contributed by atoms with Crippen molar-refractivity contribution in [1.82, 2.24) is 0 Å². The third-order valence-electron chi connectivity index (χ3n) is 5.91. The number of sulfone groups is 1. The molecule has 0 aromatic heterocycles. The summed E-state index contributed by atoms with van der Waals surface area (Å²) in [5.41, 5.74) is 0.557. The van der Waals surface area contributed by atoms with Gasteiger partial charge in [0.2, 0.25) is 15.7 Å². The Kier molecular flexibility index (Phi) is 9.52. The fourth-order valence-electron chi connectivity index (χ4n) is 3.91. The maximum atomic E-state index is 13.6. The molecular weight excluding hydrogens is 625 g/mol. The molecule has 0 saturated heterocycles. The fourth-order valence-corrected chi connectivity index (χ4v) is 6.99.